The van der Waals surface area contributed by atoms with E-state index in [-0.39, 0.29) is 5.91 Å². The molecule has 0 aromatic carbocycles. The Balaban J connectivity index is 3.71. The van der Waals surface area contributed by atoms with E-state index in [1.54, 1.807) is 20.8 Å². The zero-order valence-electron chi connectivity index (χ0n) is 13.8. The van der Waals surface area contributed by atoms with E-state index in [2.05, 4.69) is 29.5 Å². The first kappa shape index (κ1) is 19.3. The summed E-state index contributed by atoms with van der Waals surface area (Å²) in [5.74, 6) is 0.844. The Bertz CT molecular complexity index is 362. The third-order valence-corrected chi connectivity index (χ3v) is 2.56. The molecule has 3 N–H and O–H groups in total. The highest BCUT2D eigenvalue weighted by atomic mass is 16.6. The zero-order chi connectivity index (χ0) is 16.5. The summed E-state index contributed by atoms with van der Waals surface area (Å²) in [6.45, 7) is 14.1. The largest absolute Gasteiger partial charge is 0.444 e. The summed E-state index contributed by atoms with van der Waals surface area (Å²) >= 11 is 0. The number of hydrogen-bond acceptors (Lipinski definition) is 4. The fraction of sp³-hybridized carbons (Fsp3) is 0.733. The monoisotopic (exact) mass is 299 g/mol. The molecule has 0 aliphatic carbocycles. The van der Waals surface area contributed by atoms with Gasteiger partial charge in [-0.3, -0.25) is 10.1 Å². The fourth-order valence-corrected chi connectivity index (χ4v) is 1.58. The van der Waals surface area contributed by atoms with Crippen molar-refractivity contribution in [3.63, 3.8) is 0 Å². The number of ether oxygens (including phenoxy) is 1. The molecular formula is C15H29N3O3. The number of carbonyl (C=O) groups is 2. The molecule has 0 aromatic rings. The van der Waals surface area contributed by atoms with Gasteiger partial charge >= 0.3 is 6.09 Å². The van der Waals surface area contributed by atoms with E-state index in [1.807, 2.05) is 0 Å². The van der Waals surface area contributed by atoms with Gasteiger partial charge in [0.1, 0.15) is 11.4 Å². The zero-order valence-corrected chi connectivity index (χ0v) is 13.8. The second kappa shape index (κ2) is 9.26. The molecule has 0 aliphatic heterocycles. The second-order valence-electron chi connectivity index (χ2n) is 6.22. The second-order valence-corrected chi connectivity index (χ2v) is 6.22. The Labute approximate surface area is 127 Å². The van der Waals surface area contributed by atoms with Gasteiger partial charge in [0.15, 0.2) is 0 Å². The van der Waals surface area contributed by atoms with E-state index >= 15 is 0 Å². The highest BCUT2D eigenvalue weighted by Gasteiger charge is 2.16. The molecule has 0 bridgehead atoms. The van der Waals surface area contributed by atoms with Crippen molar-refractivity contribution in [1.82, 2.24) is 16.0 Å². The van der Waals surface area contributed by atoms with Crippen LogP contribution in [0.25, 0.3) is 0 Å². The van der Waals surface area contributed by atoms with Crippen LogP contribution in [0.1, 0.15) is 47.5 Å². The summed E-state index contributed by atoms with van der Waals surface area (Å²) < 4.78 is 5.12. The number of alkyl carbamates (subject to hydrolysis) is 1. The first-order chi connectivity index (χ1) is 9.60. The van der Waals surface area contributed by atoms with Crippen molar-refractivity contribution in [3.8, 4) is 0 Å². The Morgan fingerprint density at radius 3 is 2.38 bits per heavy atom. The SMILES string of the molecule is C=C(NCCC[C@@H](C)CNC(C)=O)NC(=O)OC(C)(C)C. The molecule has 1 atom stereocenters. The average molecular weight is 299 g/mol. The van der Waals surface area contributed by atoms with Gasteiger partial charge in [-0.2, -0.15) is 0 Å². The average Bonchev–Trinajstić information content (AvgIpc) is 2.29. The van der Waals surface area contributed by atoms with E-state index in [1.165, 1.54) is 6.92 Å². The molecule has 21 heavy (non-hydrogen) atoms. The summed E-state index contributed by atoms with van der Waals surface area (Å²) in [5.41, 5.74) is -0.524. The van der Waals surface area contributed by atoms with E-state index in [0.29, 0.717) is 24.8 Å². The first-order valence-electron chi connectivity index (χ1n) is 7.27. The minimum absolute atomic E-state index is 0.00471. The van der Waals surface area contributed by atoms with E-state index in [0.717, 1.165) is 12.8 Å². The van der Waals surface area contributed by atoms with E-state index in [4.69, 9.17) is 4.74 Å². The smallest absolute Gasteiger partial charge is 0.413 e. The van der Waals surface area contributed by atoms with Gasteiger partial charge in [0, 0.05) is 20.0 Å². The molecular weight excluding hydrogens is 270 g/mol. The molecule has 0 heterocycles. The summed E-state index contributed by atoms with van der Waals surface area (Å²) in [7, 11) is 0. The summed E-state index contributed by atoms with van der Waals surface area (Å²) in [4.78, 5) is 22.3. The lowest BCUT2D eigenvalue weighted by Crippen LogP contribution is -2.36. The number of hydrogen-bond donors (Lipinski definition) is 3. The summed E-state index contributed by atoms with van der Waals surface area (Å²) in [5, 5.41) is 8.36. The van der Waals surface area contributed by atoms with E-state index < -0.39 is 11.7 Å². The number of amides is 2. The highest BCUT2D eigenvalue weighted by Crippen LogP contribution is 2.07. The number of rotatable bonds is 8. The van der Waals surface area contributed by atoms with Crippen LogP contribution in [0.2, 0.25) is 0 Å². The van der Waals surface area contributed by atoms with Crippen LogP contribution in [-0.4, -0.2) is 30.7 Å². The minimum Gasteiger partial charge on any atom is -0.444 e. The van der Waals surface area contributed by atoms with Gasteiger partial charge in [-0.05, 0) is 39.5 Å². The molecule has 0 spiro atoms. The fourth-order valence-electron chi connectivity index (χ4n) is 1.58. The molecule has 0 fully saturated rings. The van der Waals surface area contributed by atoms with Crippen molar-refractivity contribution >= 4 is 12.0 Å². The Morgan fingerprint density at radius 2 is 1.86 bits per heavy atom. The van der Waals surface area contributed by atoms with Crippen molar-refractivity contribution in [3.05, 3.63) is 12.4 Å². The molecule has 2 amide bonds. The Morgan fingerprint density at radius 1 is 1.24 bits per heavy atom. The van der Waals surface area contributed by atoms with Gasteiger partial charge in [-0.15, -0.1) is 0 Å². The summed E-state index contributed by atoms with van der Waals surface area (Å²) in [6, 6.07) is 0. The van der Waals surface area contributed by atoms with Crippen LogP contribution in [0.5, 0.6) is 0 Å². The third-order valence-electron chi connectivity index (χ3n) is 2.56. The lowest BCUT2D eigenvalue weighted by atomic mass is 10.1. The van der Waals surface area contributed by atoms with Crippen LogP contribution < -0.4 is 16.0 Å². The molecule has 0 aliphatic rings. The molecule has 122 valence electrons. The molecule has 0 saturated heterocycles. The van der Waals surface area contributed by atoms with Crippen molar-refractivity contribution in [1.29, 1.82) is 0 Å². The standard InChI is InChI=1S/C15H29N3O3/c1-11(10-17-13(3)19)8-7-9-16-12(2)18-14(20)21-15(4,5)6/h11,16H,2,7-10H2,1,3-6H3,(H,17,19)(H,18,20)/t11-/m1/s1. The van der Waals surface area contributed by atoms with Gasteiger partial charge in [-0.25, -0.2) is 4.79 Å². The van der Waals surface area contributed by atoms with Gasteiger partial charge in [0.2, 0.25) is 5.91 Å². The van der Waals surface area contributed by atoms with Gasteiger partial charge in [0.25, 0.3) is 0 Å². The van der Waals surface area contributed by atoms with Gasteiger partial charge < -0.3 is 15.4 Å². The molecule has 0 saturated carbocycles. The maximum atomic E-state index is 11.5. The Hall–Kier alpha value is -1.72. The lowest BCUT2D eigenvalue weighted by Gasteiger charge is -2.20. The molecule has 0 rings (SSSR count). The van der Waals surface area contributed by atoms with Crippen LogP contribution in [0.15, 0.2) is 12.4 Å². The molecule has 0 radical (unpaired) electrons. The lowest BCUT2D eigenvalue weighted by molar-refractivity contribution is -0.119. The topological polar surface area (TPSA) is 79.5 Å². The predicted molar refractivity (Wildman–Crippen MR) is 83.6 cm³/mol. The van der Waals surface area contributed by atoms with Gasteiger partial charge in [0.05, 0.1) is 0 Å². The maximum absolute atomic E-state index is 11.5. The van der Waals surface area contributed by atoms with Crippen LogP contribution in [-0.2, 0) is 9.53 Å². The van der Waals surface area contributed by atoms with E-state index in [9.17, 15) is 9.59 Å². The van der Waals surface area contributed by atoms with Crippen LogP contribution in [0, 0.1) is 5.92 Å². The Kier molecular flexibility index (Phi) is 8.50. The van der Waals surface area contributed by atoms with Crippen LogP contribution >= 0.6 is 0 Å². The predicted octanol–water partition coefficient (Wildman–Crippen LogP) is 2.12. The van der Waals surface area contributed by atoms with Crippen molar-refractivity contribution in [2.75, 3.05) is 13.1 Å². The van der Waals surface area contributed by atoms with Gasteiger partial charge in [-0.1, -0.05) is 13.5 Å². The first-order valence-corrected chi connectivity index (χ1v) is 7.27. The number of carbonyl (C=O) groups excluding carboxylic acids is 2. The van der Waals surface area contributed by atoms with Crippen molar-refractivity contribution in [2.45, 2.75) is 53.1 Å². The molecule has 0 aromatic heterocycles. The minimum atomic E-state index is -0.524. The normalized spacial score (nSPS) is 12.2. The van der Waals surface area contributed by atoms with Crippen LogP contribution in [0.4, 0.5) is 4.79 Å². The molecule has 6 heteroatoms. The maximum Gasteiger partial charge on any atom is 0.413 e. The summed E-state index contributed by atoms with van der Waals surface area (Å²) in [6.07, 6.45) is 1.39. The molecule has 6 nitrogen and oxygen atoms in total. The highest BCUT2D eigenvalue weighted by molar-refractivity contribution is 5.72. The number of nitrogens with one attached hydrogen (secondary N) is 3. The quantitative estimate of drug-likeness (QED) is 0.600. The van der Waals surface area contributed by atoms with Crippen molar-refractivity contribution < 1.29 is 14.3 Å². The van der Waals surface area contributed by atoms with Crippen LogP contribution in [0.3, 0.4) is 0 Å². The van der Waals surface area contributed by atoms with Crippen molar-refractivity contribution in [2.24, 2.45) is 5.92 Å². The molecule has 0 unspecified atom stereocenters. The third kappa shape index (κ3) is 13.0.